The van der Waals surface area contributed by atoms with Crippen LogP contribution in [0, 0.1) is 11.6 Å². The highest BCUT2D eigenvalue weighted by atomic mass is 19.2. The monoisotopic (exact) mass is 217 g/mol. The van der Waals surface area contributed by atoms with Gasteiger partial charge in [0, 0.05) is 18.5 Å². The van der Waals surface area contributed by atoms with Crippen molar-refractivity contribution in [3.8, 4) is 0 Å². The molecule has 1 unspecified atom stereocenters. The molecular formula is C10H10F3NO. The minimum Gasteiger partial charge on any atom is -0.314 e. The molecule has 1 atom stereocenters. The van der Waals surface area contributed by atoms with Gasteiger partial charge in [-0.3, -0.25) is 0 Å². The highest BCUT2D eigenvalue weighted by Gasteiger charge is 2.42. The quantitative estimate of drug-likeness (QED) is 0.779. The molecule has 0 aromatic heterocycles. The minimum atomic E-state index is -2.00. The number of halogens is 3. The lowest BCUT2D eigenvalue weighted by molar-refractivity contribution is -0.0807. The summed E-state index contributed by atoms with van der Waals surface area (Å²) in [4.78, 5) is 0. The molecule has 1 heterocycles. The average molecular weight is 217 g/mol. The number of hydrogen-bond acceptors (Lipinski definition) is 2. The molecule has 1 aliphatic rings. The highest BCUT2D eigenvalue weighted by molar-refractivity contribution is 5.27. The Balaban J connectivity index is 2.41. The van der Waals surface area contributed by atoms with E-state index < -0.39 is 17.3 Å². The van der Waals surface area contributed by atoms with Gasteiger partial charge >= 0.3 is 0 Å². The van der Waals surface area contributed by atoms with E-state index in [4.69, 9.17) is 5.21 Å². The first kappa shape index (κ1) is 10.4. The molecule has 0 bridgehead atoms. The van der Waals surface area contributed by atoms with Gasteiger partial charge in [-0.1, -0.05) is 12.1 Å². The van der Waals surface area contributed by atoms with Crippen LogP contribution in [-0.4, -0.2) is 23.4 Å². The topological polar surface area (TPSA) is 23.5 Å². The van der Waals surface area contributed by atoms with Crippen molar-refractivity contribution in [2.45, 2.75) is 12.1 Å². The number of benzene rings is 1. The van der Waals surface area contributed by atoms with Gasteiger partial charge < -0.3 is 5.21 Å². The lowest BCUT2D eigenvalue weighted by atomic mass is 9.94. The molecule has 0 amide bonds. The van der Waals surface area contributed by atoms with E-state index in [-0.39, 0.29) is 25.1 Å². The van der Waals surface area contributed by atoms with E-state index in [9.17, 15) is 13.2 Å². The van der Waals surface area contributed by atoms with Crippen molar-refractivity contribution in [2.75, 3.05) is 13.1 Å². The summed E-state index contributed by atoms with van der Waals surface area (Å²) in [5, 5.41) is 9.83. The first-order chi connectivity index (χ1) is 7.03. The number of alkyl halides is 1. The lowest BCUT2D eigenvalue weighted by Gasteiger charge is -2.19. The fourth-order valence-electron chi connectivity index (χ4n) is 1.82. The molecule has 0 spiro atoms. The van der Waals surface area contributed by atoms with Crippen molar-refractivity contribution in [1.29, 1.82) is 0 Å². The van der Waals surface area contributed by atoms with Gasteiger partial charge in [0.2, 0.25) is 0 Å². The van der Waals surface area contributed by atoms with Crippen molar-refractivity contribution in [1.82, 2.24) is 5.06 Å². The molecule has 1 aromatic carbocycles. The zero-order valence-corrected chi connectivity index (χ0v) is 7.88. The SMILES string of the molecule is ON1CCC(F)(c2cccc(F)c2F)C1. The molecule has 1 saturated heterocycles. The van der Waals surface area contributed by atoms with Crippen LogP contribution in [0.15, 0.2) is 18.2 Å². The van der Waals surface area contributed by atoms with Gasteiger partial charge in [0.25, 0.3) is 0 Å². The average Bonchev–Trinajstić information content (AvgIpc) is 2.52. The van der Waals surface area contributed by atoms with E-state index in [1.54, 1.807) is 0 Å². The molecule has 2 rings (SSSR count). The van der Waals surface area contributed by atoms with Gasteiger partial charge in [-0.05, 0) is 6.07 Å². The Morgan fingerprint density at radius 1 is 1.33 bits per heavy atom. The normalized spacial score (nSPS) is 27.2. The summed E-state index contributed by atoms with van der Waals surface area (Å²) in [5.41, 5.74) is -2.32. The Kier molecular flexibility index (Phi) is 2.44. The molecule has 1 fully saturated rings. The van der Waals surface area contributed by atoms with Crippen LogP contribution in [0.5, 0.6) is 0 Å². The molecule has 0 radical (unpaired) electrons. The van der Waals surface area contributed by atoms with Crippen LogP contribution in [-0.2, 0) is 5.67 Å². The first-order valence-corrected chi connectivity index (χ1v) is 4.60. The van der Waals surface area contributed by atoms with Gasteiger partial charge in [0.05, 0.1) is 6.54 Å². The summed E-state index contributed by atoms with van der Waals surface area (Å²) in [7, 11) is 0. The Hall–Kier alpha value is -1.07. The maximum absolute atomic E-state index is 14.1. The third-order valence-electron chi connectivity index (χ3n) is 2.63. The van der Waals surface area contributed by atoms with E-state index >= 15 is 0 Å². The Morgan fingerprint density at radius 3 is 2.67 bits per heavy atom. The number of rotatable bonds is 1. The zero-order chi connectivity index (χ0) is 11.1. The smallest absolute Gasteiger partial charge is 0.165 e. The zero-order valence-electron chi connectivity index (χ0n) is 7.88. The highest BCUT2D eigenvalue weighted by Crippen LogP contribution is 2.37. The van der Waals surface area contributed by atoms with Gasteiger partial charge in [-0.2, -0.15) is 5.06 Å². The summed E-state index contributed by atoms with van der Waals surface area (Å²) >= 11 is 0. The first-order valence-electron chi connectivity index (χ1n) is 4.60. The van der Waals surface area contributed by atoms with Gasteiger partial charge in [-0.15, -0.1) is 0 Å². The Labute approximate surface area is 84.9 Å². The van der Waals surface area contributed by atoms with Crippen molar-refractivity contribution in [2.24, 2.45) is 0 Å². The summed E-state index contributed by atoms with van der Waals surface area (Å²) in [6, 6.07) is 3.40. The van der Waals surface area contributed by atoms with Crippen LogP contribution in [0.1, 0.15) is 12.0 Å². The van der Waals surface area contributed by atoms with Crippen LogP contribution in [0.3, 0.4) is 0 Å². The Bertz CT molecular complexity index is 385. The summed E-state index contributed by atoms with van der Waals surface area (Å²) in [5.74, 6) is -2.24. The Morgan fingerprint density at radius 2 is 2.07 bits per heavy atom. The lowest BCUT2D eigenvalue weighted by Crippen LogP contribution is -2.26. The van der Waals surface area contributed by atoms with E-state index in [1.165, 1.54) is 12.1 Å². The molecule has 2 nitrogen and oxygen atoms in total. The van der Waals surface area contributed by atoms with E-state index in [2.05, 4.69) is 0 Å². The fourth-order valence-corrected chi connectivity index (χ4v) is 1.82. The number of nitrogens with zero attached hydrogens (tertiary/aromatic N) is 1. The maximum atomic E-state index is 14.1. The van der Waals surface area contributed by atoms with E-state index in [0.717, 1.165) is 11.1 Å². The van der Waals surface area contributed by atoms with Gasteiger partial charge in [0.1, 0.15) is 0 Å². The van der Waals surface area contributed by atoms with Crippen LogP contribution in [0.2, 0.25) is 0 Å². The third-order valence-corrected chi connectivity index (χ3v) is 2.63. The van der Waals surface area contributed by atoms with E-state index in [1.807, 2.05) is 0 Å². The van der Waals surface area contributed by atoms with Crippen molar-refractivity contribution in [3.63, 3.8) is 0 Å². The summed E-state index contributed by atoms with van der Waals surface area (Å²) in [6.07, 6.45) is -0.0378. The van der Waals surface area contributed by atoms with Crippen LogP contribution in [0.4, 0.5) is 13.2 Å². The second-order valence-electron chi connectivity index (χ2n) is 3.70. The largest absolute Gasteiger partial charge is 0.314 e. The van der Waals surface area contributed by atoms with E-state index in [0.29, 0.717) is 0 Å². The second kappa shape index (κ2) is 3.50. The van der Waals surface area contributed by atoms with Crippen molar-refractivity contribution < 1.29 is 18.4 Å². The molecule has 0 aliphatic carbocycles. The number of hydrogen-bond donors (Lipinski definition) is 1. The predicted octanol–water partition coefficient (Wildman–Crippen LogP) is 2.22. The molecule has 5 heteroatoms. The molecule has 1 aliphatic heterocycles. The number of hydroxylamine groups is 2. The molecular weight excluding hydrogens is 207 g/mol. The standard InChI is InChI=1S/C10H10F3NO/c11-8-3-1-2-7(9(8)12)10(13)4-5-14(15)6-10/h1-3,15H,4-6H2. The molecule has 1 aromatic rings. The molecule has 15 heavy (non-hydrogen) atoms. The van der Waals surface area contributed by atoms with Crippen LogP contribution >= 0.6 is 0 Å². The van der Waals surface area contributed by atoms with Gasteiger partial charge in [-0.25, -0.2) is 13.2 Å². The van der Waals surface area contributed by atoms with Gasteiger partial charge in [0.15, 0.2) is 17.3 Å². The summed E-state index contributed by atoms with van der Waals surface area (Å²) < 4.78 is 40.3. The second-order valence-corrected chi connectivity index (χ2v) is 3.70. The molecule has 0 saturated carbocycles. The van der Waals surface area contributed by atoms with Crippen LogP contribution in [0.25, 0.3) is 0 Å². The fraction of sp³-hybridized carbons (Fsp3) is 0.400. The molecule has 1 N–H and O–H groups in total. The maximum Gasteiger partial charge on any atom is 0.165 e. The van der Waals surface area contributed by atoms with Crippen molar-refractivity contribution >= 4 is 0 Å². The summed E-state index contributed by atoms with van der Waals surface area (Å²) in [6.45, 7) is -0.209. The van der Waals surface area contributed by atoms with Crippen molar-refractivity contribution in [3.05, 3.63) is 35.4 Å². The van der Waals surface area contributed by atoms with Crippen LogP contribution < -0.4 is 0 Å². The predicted molar refractivity (Wildman–Crippen MR) is 47.1 cm³/mol. The third kappa shape index (κ3) is 1.72. The molecule has 82 valence electrons. The minimum absolute atomic E-state index is 0.0378.